The number of amides is 1. The Labute approximate surface area is 173 Å². The molecule has 1 amide bonds. The van der Waals surface area contributed by atoms with Crippen LogP contribution in [0.5, 0.6) is 0 Å². The van der Waals surface area contributed by atoms with Gasteiger partial charge in [0.05, 0.1) is 0 Å². The molecule has 3 aromatic rings. The number of carbonyl (C=O) groups is 1. The van der Waals surface area contributed by atoms with Crippen LogP contribution in [-0.2, 0) is 4.79 Å². The lowest BCUT2D eigenvalue weighted by atomic mass is 10.3. The van der Waals surface area contributed by atoms with Crippen LogP contribution in [0, 0.1) is 0 Å². The van der Waals surface area contributed by atoms with E-state index in [9.17, 15) is 4.79 Å². The average molecular weight is 413 g/mol. The van der Waals surface area contributed by atoms with Crippen molar-refractivity contribution in [3.63, 3.8) is 0 Å². The number of aromatic nitrogens is 5. The van der Waals surface area contributed by atoms with Gasteiger partial charge in [0.25, 0.3) is 0 Å². The van der Waals surface area contributed by atoms with Crippen LogP contribution in [0.25, 0.3) is 16.6 Å². The van der Waals surface area contributed by atoms with Gasteiger partial charge in [-0.25, -0.2) is 19.6 Å². The fourth-order valence-electron chi connectivity index (χ4n) is 3.41. The zero-order valence-corrected chi connectivity index (χ0v) is 17.1. The molecule has 1 aliphatic rings. The van der Waals surface area contributed by atoms with Crippen LogP contribution in [-0.4, -0.2) is 67.8 Å². The van der Waals surface area contributed by atoms with Gasteiger partial charge in [-0.2, -0.15) is 5.10 Å². The zero-order chi connectivity index (χ0) is 20.1. The highest BCUT2D eigenvalue weighted by atomic mass is 32.1. The minimum atomic E-state index is -0.0629. The fourth-order valence-corrected chi connectivity index (χ4v) is 3.97. The molecular weight excluding hydrogens is 388 g/mol. The molecule has 1 aliphatic heterocycles. The lowest BCUT2D eigenvalue weighted by Crippen LogP contribution is -2.33. The quantitative estimate of drug-likeness (QED) is 0.582. The topological polar surface area (TPSA) is 101 Å². The minimum Gasteiger partial charge on any atom is -0.313 e. The number of hydrogen-bond acceptors (Lipinski definition) is 8. The van der Waals surface area contributed by atoms with Crippen LogP contribution in [0.1, 0.15) is 19.8 Å². The van der Waals surface area contributed by atoms with Crippen LogP contribution in [0.15, 0.2) is 36.1 Å². The Kier molecular flexibility index (Phi) is 6.23. The van der Waals surface area contributed by atoms with Crippen molar-refractivity contribution < 1.29 is 4.79 Å². The molecule has 1 atom stereocenters. The van der Waals surface area contributed by atoms with Crippen molar-refractivity contribution in [2.45, 2.75) is 25.8 Å². The first kappa shape index (κ1) is 19.6. The minimum absolute atomic E-state index is 0.0629. The maximum Gasteiger partial charge on any atom is 0.226 e. The molecule has 9 nitrogen and oxygen atoms in total. The lowest BCUT2D eigenvalue weighted by molar-refractivity contribution is -0.116. The highest BCUT2D eigenvalue weighted by molar-refractivity contribution is 7.13. The van der Waals surface area contributed by atoms with E-state index in [2.05, 4.69) is 42.5 Å². The van der Waals surface area contributed by atoms with Gasteiger partial charge in [0, 0.05) is 55.6 Å². The second kappa shape index (κ2) is 9.21. The normalized spacial score (nSPS) is 16.9. The molecule has 29 heavy (non-hydrogen) atoms. The number of nitrogens with one attached hydrogen (secondary N) is 2. The maximum absolute atomic E-state index is 12.5. The summed E-state index contributed by atoms with van der Waals surface area (Å²) in [5, 5.41) is 13.2. The van der Waals surface area contributed by atoms with E-state index in [0.717, 1.165) is 32.6 Å². The molecule has 0 bridgehead atoms. The summed E-state index contributed by atoms with van der Waals surface area (Å²) in [4.78, 5) is 28.1. The Hall–Kier alpha value is -2.69. The number of anilines is 1. The highest BCUT2D eigenvalue weighted by Crippen LogP contribution is 2.21. The second-order valence-corrected chi connectivity index (χ2v) is 7.76. The smallest absolute Gasteiger partial charge is 0.226 e. The van der Waals surface area contributed by atoms with E-state index in [-0.39, 0.29) is 5.91 Å². The molecule has 3 aromatic heterocycles. The monoisotopic (exact) mass is 412 g/mol. The molecule has 2 N–H and O–H groups in total. The largest absolute Gasteiger partial charge is 0.313 e. The van der Waals surface area contributed by atoms with Gasteiger partial charge < -0.3 is 15.5 Å². The van der Waals surface area contributed by atoms with Crippen molar-refractivity contribution in [3.05, 3.63) is 36.1 Å². The second-order valence-electron chi connectivity index (χ2n) is 6.86. The van der Waals surface area contributed by atoms with E-state index >= 15 is 0 Å². The summed E-state index contributed by atoms with van der Waals surface area (Å²) in [6.07, 6.45) is 6.74. The number of likely N-dealkylation sites (tertiary alicyclic amines) is 1. The van der Waals surface area contributed by atoms with Crippen LogP contribution in [0.4, 0.5) is 5.82 Å². The summed E-state index contributed by atoms with van der Waals surface area (Å²) in [7, 11) is 0. The van der Waals surface area contributed by atoms with Gasteiger partial charge in [-0.3, -0.25) is 4.79 Å². The van der Waals surface area contributed by atoms with Crippen molar-refractivity contribution in [1.29, 1.82) is 0 Å². The van der Waals surface area contributed by atoms with Crippen molar-refractivity contribution in [2.75, 3.05) is 31.5 Å². The van der Waals surface area contributed by atoms with Crippen molar-refractivity contribution in [1.82, 2.24) is 34.9 Å². The van der Waals surface area contributed by atoms with Gasteiger partial charge >= 0.3 is 0 Å². The molecule has 0 spiro atoms. The number of nitrogens with zero attached hydrogens (tertiary/aromatic N) is 6. The predicted octanol–water partition coefficient (Wildman–Crippen LogP) is 1.80. The summed E-state index contributed by atoms with van der Waals surface area (Å²) in [6, 6.07) is 4.07. The van der Waals surface area contributed by atoms with Gasteiger partial charge in [0.15, 0.2) is 16.6 Å². The van der Waals surface area contributed by atoms with E-state index in [1.165, 1.54) is 11.3 Å². The molecular formula is C19H24N8OS. The molecule has 1 unspecified atom stereocenters. The van der Waals surface area contributed by atoms with E-state index in [1.807, 2.05) is 11.4 Å². The predicted molar refractivity (Wildman–Crippen MR) is 112 cm³/mol. The van der Waals surface area contributed by atoms with Crippen LogP contribution < -0.4 is 10.6 Å². The third-order valence-electron chi connectivity index (χ3n) is 4.76. The molecule has 152 valence electrons. The molecule has 0 radical (unpaired) electrons. The summed E-state index contributed by atoms with van der Waals surface area (Å²) >= 11 is 1.45. The average Bonchev–Trinajstić information content (AvgIpc) is 3.49. The molecule has 0 aliphatic carbocycles. The summed E-state index contributed by atoms with van der Waals surface area (Å²) in [5.74, 6) is 1.44. The Morgan fingerprint density at radius 3 is 3.03 bits per heavy atom. The van der Waals surface area contributed by atoms with Crippen LogP contribution >= 0.6 is 11.3 Å². The number of likely N-dealkylation sites (N-methyl/N-ethyl adjacent to an activating group) is 1. The Morgan fingerprint density at radius 1 is 1.34 bits per heavy atom. The first-order valence-corrected chi connectivity index (χ1v) is 10.6. The van der Waals surface area contributed by atoms with Gasteiger partial charge in [-0.15, -0.1) is 11.3 Å². The van der Waals surface area contributed by atoms with Gasteiger partial charge in [-0.05, 0) is 25.6 Å². The summed E-state index contributed by atoms with van der Waals surface area (Å²) < 4.78 is 1.64. The maximum atomic E-state index is 12.5. The van der Waals surface area contributed by atoms with Crippen LogP contribution in [0.3, 0.4) is 0 Å². The molecule has 0 aromatic carbocycles. The van der Waals surface area contributed by atoms with Crippen molar-refractivity contribution >= 4 is 23.1 Å². The summed E-state index contributed by atoms with van der Waals surface area (Å²) in [5.41, 5.74) is 0. The first-order valence-electron chi connectivity index (χ1n) is 9.76. The van der Waals surface area contributed by atoms with Gasteiger partial charge in [-0.1, -0.05) is 6.92 Å². The third-order valence-corrected chi connectivity index (χ3v) is 5.53. The Bertz CT molecular complexity index is 875. The van der Waals surface area contributed by atoms with Crippen LogP contribution in [0.2, 0.25) is 0 Å². The molecule has 1 saturated heterocycles. The molecule has 0 saturated carbocycles. The number of rotatable bonds is 8. The molecule has 4 rings (SSSR count). The summed E-state index contributed by atoms with van der Waals surface area (Å²) in [6.45, 7) is 5.86. The Balaban J connectivity index is 1.43. The highest BCUT2D eigenvalue weighted by Gasteiger charge is 2.22. The van der Waals surface area contributed by atoms with Crippen molar-refractivity contribution in [3.8, 4) is 16.6 Å². The molecule has 4 heterocycles. The SMILES string of the molecule is CCNC1CCN(CCC(=O)Nc2cc(-n3cccn3)nc(-c3nccs3)n2)C1. The third kappa shape index (κ3) is 5.03. The fraction of sp³-hybridized carbons (Fsp3) is 0.421. The first-order chi connectivity index (χ1) is 14.2. The standard InChI is InChI=1S/C19H24N8OS/c1-2-20-14-4-9-26(13-14)10-5-17(28)23-15-12-16(27-8-3-6-22-27)25-18(24-15)19-21-7-11-29-19/h3,6-8,11-12,14,20H,2,4-5,9-10,13H2,1H3,(H,23,24,25,28). The number of carbonyl (C=O) groups excluding carboxylic acids is 1. The number of thiazole rings is 1. The Morgan fingerprint density at radius 2 is 2.28 bits per heavy atom. The van der Waals surface area contributed by atoms with E-state index in [4.69, 9.17) is 0 Å². The number of hydrogen-bond donors (Lipinski definition) is 2. The molecule has 1 fully saturated rings. The van der Waals surface area contributed by atoms with E-state index in [0.29, 0.717) is 34.9 Å². The van der Waals surface area contributed by atoms with E-state index < -0.39 is 0 Å². The van der Waals surface area contributed by atoms with Gasteiger partial charge in [0.1, 0.15) is 5.82 Å². The van der Waals surface area contributed by atoms with E-state index in [1.54, 1.807) is 29.3 Å². The lowest BCUT2D eigenvalue weighted by Gasteiger charge is -2.16. The zero-order valence-electron chi connectivity index (χ0n) is 16.3. The van der Waals surface area contributed by atoms with Gasteiger partial charge in [0.2, 0.25) is 5.91 Å². The molecule has 10 heteroatoms. The van der Waals surface area contributed by atoms with Crippen molar-refractivity contribution in [2.24, 2.45) is 0 Å².